The van der Waals surface area contributed by atoms with Crippen molar-refractivity contribution in [2.45, 2.75) is 26.7 Å². The van der Waals surface area contributed by atoms with Gasteiger partial charge in [-0.1, -0.05) is 32.0 Å². The van der Waals surface area contributed by atoms with Crippen molar-refractivity contribution in [3.05, 3.63) is 29.8 Å². The van der Waals surface area contributed by atoms with E-state index in [0.29, 0.717) is 25.9 Å². The number of hydrogen-bond donors (Lipinski definition) is 2. The van der Waals surface area contributed by atoms with Crippen LogP contribution in [0.15, 0.2) is 24.3 Å². The number of nitrogens with zero attached hydrogens (tertiary/aromatic N) is 1. The number of amides is 1. The van der Waals surface area contributed by atoms with E-state index in [-0.39, 0.29) is 11.3 Å². The summed E-state index contributed by atoms with van der Waals surface area (Å²) in [6.07, 6.45) is 1.16. The van der Waals surface area contributed by atoms with Crippen LogP contribution in [0, 0.1) is 5.41 Å². The highest BCUT2D eigenvalue weighted by atomic mass is 16.2. The Bertz CT molecular complexity index is 429. The fraction of sp³-hybridized carbons (Fsp3) is 0.533. The van der Waals surface area contributed by atoms with Gasteiger partial charge in [0.05, 0.1) is 0 Å². The average Bonchev–Trinajstić information content (AvgIpc) is 2.37. The second-order valence-electron chi connectivity index (χ2n) is 5.82. The molecule has 0 saturated heterocycles. The zero-order valence-corrected chi connectivity index (χ0v) is 12.1. The molecule has 4 N–H and O–H groups in total. The highest BCUT2D eigenvalue weighted by Crippen LogP contribution is 2.16. The molecule has 0 radical (unpaired) electrons. The van der Waals surface area contributed by atoms with E-state index in [1.807, 2.05) is 31.3 Å². The van der Waals surface area contributed by atoms with E-state index in [1.54, 1.807) is 4.90 Å². The minimum Gasteiger partial charge on any atom is -0.399 e. The van der Waals surface area contributed by atoms with Crippen molar-refractivity contribution in [3.63, 3.8) is 0 Å². The van der Waals surface area contributed by atoms with Gasteiger partial charge < -0.3 is 16.4 Å². The number of benzene rings is 1. The Labute approximate surface area is 115 Å². The minimum atomic E-state index is -0.0455. The molecule has 0 spiro atoms. The van der Waals surface area contributed by atoms with Crippen LogP contribution >= 0.6 is 0 Å². The summed E-state index contributed by atoms with van der Waals surface area (Å²) in [4.78, 5) is 13.8. The molecule has 0 bridgehead atoms. The molecule has 1 aromatic carbocycles. The van der Waals surface area contributed by atoms with Crippen LogP contribution in [0.25, 0.3) is 0 Å². The number of para-hydroxylation sites is 1. The summed E-state index contributed by atoms with van der Waals surface area (Å²) in [5.41, 5.74) is 13.3. The molecule has 0 fully saturated rings. The standard InChI is InChI=1S/C15H25N3O/c1-15(2,10-16)11-18(3)14(19)9-8-12-6-4-5-7-13(12)17/h4-7H,8-11,16-17H2,1-3H3. The van der Waals surface area contributed by atoms with E-state index in [0.717, 1.165) is 11.3 Å². The molecule has 0 saturated carbocycles. The number of nitrogen functional groups attached to an aromatic ring is 1. The lowest BCUT2D eigenvalue weighted by Crippen LogP contribution is -2.39. The van der Waals surface area contributed by atoms with E-state index in [1.165, 1.54) is 0 Å². The Morgan fingerprint density at radius 3 is 2.53 bits per heavy atom. The maximum absolute atomic E-state index is 12.1. The number of anilines is 1. The van der Waals surface area contributed by atoms with Gasteiger partial charge in [0, 0.05) is 25.7 Å². The van der Waals surface area contributed by atoms with Crippen molar-refractivity contribution < 1.29 is 4.79 Å². The molecule has 0 aliphatic rings. The molecule has 0 aliphatic heterocycles. The predicted octanol–water partition coefficient (Wildman–Crippen LogP) is 1.64. The maximum Gasteiger partial charge on any atom is 0.222 e. The Kier molecular flexibility index (Phi) is 5.36. The first-order chi connectivity index (χ1) is 8.85. The third-order valence-corrected chi connectivity index (χ3v) is 3.31. The van der Waals surface area contributed by atoms with Gasteiger partial charge in [-0.15, -0.1) is 0 Å². The first-order valence-electron chi connectivity index (χ1n) is 6.63. The van der Waals surface area contributed by atoms with Gasteiger partial charge in [-0.2, -0.15) is 0 Å². The van der Waals surface area contributed by atoms with Crippen LogP contribution in [0.1, 0.15) is 25.8 Å². The Morgan fingerprint density at radius 1 is 1.32 bits per heavy atom. The van der Waals surface area contributed by atoms with Gasteiger partial charge in [0.25, 0.3) is 0 Å². The zero-order valence-electron chi connectivity index (χ0n) is 12.1. The van der Waals surface area contributed by atoms with E-state index in [4.69, 9.17) is 11.5 Å². The van der Waals surface area contributed by atoms with Gasteiger partial charge in [-0.3, -0.25) is 4.79 Å². The third kappa shape index (κ3) is 4.91. The van der Waals surface area contributed by atoms with Crippen molar-refractivity contribution in [2.75, 3.05) is 25.9 Å². The summed E-state index contributed by atoms with van der Waals surface area (Å²) >= 11 is 0. The van der Waals surface area contributed by atoms with Crippen molar-refractivity contribution in [2.24, 2.45) is 11.1 Å². The number of nitrogens with two attached hydrogens (primary N) is 2. The van der Waals surface area contributed by atoms with Crippen LogP contribution in [-0.4, -0.2) is 30.9 Å². The van der Waals surface area contributed by atoms with Crippen molar-refractivity contribution in [1.29, 1.82) is 0 Å². The SMILES string of the molecule is CN(CC(C)(C)CN)C(=O)CCc1ccccc1N. The lowest BCUT2D eigenvalue weighted by atomic mass is 9.93. The minimum absolute atomic E-state index is 0.0455. The van der Waals surface area contributed by atoms with Crippen LogP contribution in [-0.2, 0) is 11.2 Å². The van der Waals surface area contributed by atoms with Crippen LogP contribution < -0.4 is 11.5 Å². The molecule has 19 heavy (non-hydrogen) atoms. The van der Waals surface area contributed by atoms with Gasteiger partial charge in [0.2, 0.25) is 5.91 Å². The van der Waals surface area contributed by atoms with Crippen LogP contribution in [0.3, 0.4) is 0 Å². The average molecular weight is 263 g/mol. The molecule has 0 heterocycles. The number of aryl methyl sites for hydroxylation is 1. The molecular weight excluding hydrogens is 238 g/mol. The Hall–Kier alpha value is -1.55. The molecule has 1 rings (SSSR count). The summed E-state index contributed by atoms with van der Waals surface area (Å²) in [6.45, 7) is 5.36. The van der Waals surface area contributed by atoms with Gasteiger partial charge in [-0.25, -0.2) is 0 Å². The van der Waals surface area contributed by atoms with Crippen molar-refractivity contribution in [1.82, 2.24) is 4.90 Å². The highest BCUT2D eigenvalue weighted by Gasteiger charge is 2.20. The van der Waals surface area contributed by atoms with Crippen molar-refractivity contribution in [3.8, 4) is 0 Å². The van der Waals surface area contributed by atoms with E-state index >= 15 is 0 Å². The van der Waals surface area contributed by atoms with Crippen LogP contribution in [0.5, 0.6) is 0 Å². The van der Waals surface area contributed by atoms with Crippen LogP contribution in [0.2, 0.25) is 0 Å². The number of rotatable bonds is 6. The second kappa shape index (κ2) is 6.57. The van der Waals surface area contributed by atoms with E-state index in [2.05, 4.69) is 13.8 Å². The molecule has 4 heteroatoms. The van der Waals surface area contributed by atoms with E-state index in [9.17, 15) is 4.79 Å². The fourth-order valence-electron chi connectivity index (χ4n) is 1.99. The molecule has 0 unspecified atom stereocenters. The third-order valence-electron chi connectivity index (χ3n) is 3.31. The highest BCUT2D eigenvalue weighted by molar-refractivity contribution is 5.76. The lowest BCUT2D eigenvalue weighted by Gasteiger charge is -2.29. The van der Waals surface area contributed by atoms with Crippen molar-refractivity contribution >= 4 is 11.6 Å². The normalized spacial score (nSPS) is 11.4. The summed E-state index contributed by atoms with van der Waals surface area (Å²) in [5, 5.41) is 0. The maximum atomic E-state index is 12.1. The topological polar surface area (TPSA) is 72.3 Å². The summed E-state index contributed by atoms with van der Waals surface area (Å²) in [7, 11) is 1.83. The van der Waals surface area contributed by atoms with Gasteiger partial charge in [0.15, 0.2) is 0 Å². The zero-order chi connectivity index (χ0) is 14.5. The summed E-state index contributed by atoms with van der Waals surface area (Å²) in [6, 6.07) is 7.67. The summed E-state index contributed by atoms with van der Waals surface area (Å²) < 4.78 is 0. The first-order valence-corrected chi connectivity index (χ1v) is 6.63. The molecule has 1 aromatic rings. The molecule has 0 aromatic heterocycles. The molecule has 4 nitrogen and oxygen atoms in total. The second-order valence-corrected chi connectivity index (χ2v) is 5.82. The quantitative estimate of drug-likeness (QED) is 0.766. The number of carbonyl (C=O) groups is 1. The monoisotopic (exact) mass is 263 g/mol. The smallest absolute Gasteiger partial charge is 0.222 e. The van der Waals surface area contributed by atoms with Gasteiger partial charge in [-0.05, 0) is 30.0 Å². The van der Waals surface area contributed by atoms with E-state index < -0.39 is 0 Å². The predicted molar refractivity (Wildman–Crippen MR) is 79.6 cm³/mol. The molecular formula is C15H25N3O. The first kappa shape index (κ1) is 15.5. The Balaban J connectivity index is 2.50. The lowest BCUT2D eigenvalue weighted by molar-refractivity contribution is -0.131. The molecule has 106 valence electrons. The van der Waals surface area contributed by atoms with Gasteiger partial charge >= 0.3 is 0 Å². The van der Waals surface area contributed by atoms with Gasteiger partial charge in [0.1, 0.15) is 0 Å². The fourth-order valence-corrected chi connectivity index (χ4v) is 1.99. The Morgan fingerprint density at radius 2 is 1.95 bits per heavy atom. The molecule has 0 atom stereocenters. The number of hydrogen-bond acceptors (Lipinski definition) is 3. The summed E-state index contributed by atoms with van der Waals surface area (Å²) in [5.74, 6) is 0.129. The molecule has 1 amide bonds. The molecule has 0 aliphatic carbocycles. The number of carbonyl (C=O) groups excluding carboxylic acids is 1. The van der Waals surface area contributed by atoms with Crippen LogP contribution in [0.4, 0.5) is 5.69 Å². The largest absolute Gasteiger partial charge is 0.399 e.